The Morgan fingerprint density at radius 2 is 2.09 bits per heavy atom. The Bertz CT molecular complexity index is 581. The van der Waals surface area contributed by atoms with Crippen LogP contribution in [0.1, 0.15) is 36.0 Å². The maximum absolute atomic E-state index is 12.7. The molecule has 0 spiro atoms. The van der Waals surface area contributed by atoms with Gasteiger partial charge in [-0.25, -0.2) is 0 Å². The molecule has 1 heterocycles. The van der Waals surface area contributed by atoms with E-state index in [1.807, 2.05) is 30.1 Å². The number of nitrogens with zero attached hydrogens (tertiary/aromatic N) is 1. The zero-order chi connectivity index (χ0) is 16.2. The molecule has 1 aliphatic carbocycles. The summed E-state index contributed by atoms with van der Waals surface area (Å²) in [6, 6.07) is 7.31. The second-order valence-corrected chi connectivity index (χ2v) is 6.66. The molecule has 1 unspecified atom stereocenters. The predicted molar refractivity (Wildman–Crippen MR) is 90.3 cm³/mol. The van der Waals surface area contributed by atoms with E-state index in [4.69, 9.17) is 0 Å². The lowest BCUT2D eigenvalue weighted by molar-refractivity contribution is -0.117. The molecule has 0 bridgehead atoms. The van der Waals surface area contributed by atoms with E-state index >= 15 is 0 Å². The third-order valence-corrected chi connectivity index (χ3v) is 4.62. The minimum Gasteiger partial charge on any atom is -0.338 e. The number of amides is 2. The number of benzene rings is 1. The first kappa shape index (κ1) is 16.0. The second-order valence-electron chi connectivity index (χ2n) is 6.66. The Morgan fingerprint density at radius 3 is 2.83 bits per heavy atom. The third kappa shape index (κ3) is 4.10. The van der Waals surface area contributed by atoms with E-state index < -0.39 is 0 Å². The maximum atomic E-state index is 12.7. The summed E-state index contributed by atoms with van der Waals surface area (Å²) < 4.78 is 0. The van der Waals surface area contributed by atoms with Crippen molar-refractivity contribution in [3.63, 3.8) is 0 Å². The van der Waals surface area contributed by atoms with Gasteiger partial charge in [0.25, 0.3) is 5.91 Å². The number of hydrogen-bond acceptors (Lipinski definition) is 3. The fourth-order valence-corrected chi connectivity index (χ4v) is 3.21. The Hall–Kier alpha value is -1.88. The number of nitrogens with one attached hydrogen (secondary N) is 2. The molecule has 1 saturated carbocycles. The monoisotopic (exact) mass is 315 g/mol. The van der Waals surface area contributed by atoms with Crippen molar-refractivity contribution in [3.05, 3.63) is 29.8 Å². The van der Waals surface area contributed by atoms with Crippen LogP contribution in [-0.4, -0.2) is 43.4 Å². The number of rotatable bonds is 5. The fraction of sp³-hybridized carbons (Fsp3) is 0.556. The van der Waals surface area contributed by atoms with Gasteiger partial charge in [-0.3, -0.25) is 9.59 Å². The fourth-order valence-electron chi connectivity index (χ4n) is 3.21. The number of anilines is 1. The van der Waals surface area contributed by atoms with Gasteiger partial charge in [0.05, 0.1) is 0 Å². The van der Waals surface area contributed by atoms with E-state index in [1.165, 1.54) is 6.42 Å². The summed E-state index contributed by atoms with van der Waals surface area (Å²) >= 11 is 0. The number of likely N-dealkylation sites (tertiary alicyclic amines) is 1. The molecule has 1 saturated heterocycles. The Labute approximate surface area is 137 Å². The molecular weight excluding hydrogens is 290 g/mol. The van der Waals surface area contributed by atoms with E-state index in [0.717, 1.165) is 44.6 Å². The summed E-state index contributed by atoms with van der Waals surface area (Å²) in [5.74, 6) is 0.823. The van der Waals surface area contributed by atoms with Crippen molar-refractivity contribution in [2.45, 2.75) is 25.7 Å². The summed E-state index contributed by atoms with van der Waals surface area (Å²) in [5, 5.41) is 6.11. The molecule has 0 aromatic heterocycles. The topological polar surface area (TPSA) is 61.4 Å². The van der Waals surface area contributed by atoms with Crippen LogP contribution >= 0.6 is 0 Å². The van der Waals surface area contributed by atoms with Crippen LogP contribution in [-0.2, 0) is 4.79 Å². The molecule has 1 atom stereocenters. The van der Waals surface area contributed by atoms with Crippen LogP contribution in [0.5, 0.6) is 0 Å². The Kier molecular flexibility index (Phi) is 4.96. The summed E-state index contributed by atoms with van der Waals surface area (Å²) in [7, 11) is 1.95. The molecule has 2 amide bonds. The summed E-state index contributed by atoms with van der Waals surface area (Å²) in [6.07, 6.45) is 4.18. The van der Waals surface area contributed by atoms with Crippen molar-refractivity contribution in [1.82, 2.24) is 10.2 Å². The van der Waals surface area contributed by atoms with E-state index in [0.29, 0.717) is 11.5 Å². The highest BCUT2D eigenvalue weighted by molar-refractivity contribution is 5.98. The minimum absolute atomic E-state index is 0.0633. The predicted octanol–water partition coefficient (Wildman–Crippen LogP) is 2.11. The number of hydrogen-bond donors (Lipinski definition) is 2. The van der Waals surface area contributed by atoms with Gasteiger partial charge in [-0.2, -0.15) is 0 Å². The SMILES string of the molecule is CNCC1CCCN(C(=O)c2cccc(NC(=O)C3CC3)c2)C1. The Morgan fingerprint density at radius 1 is 1.26 bits per heavy atom. The molecule has 3 rings (SSSR count). The first-order chi connectivity index (χ1) is 11.2. The van der Waals surface area contributed by atoms with Crippen molar-refractivity contribution >= 4 is 17.5 Å². The highest BCUT2D eigenvalue weighted by Crippen LogP contribution is 2.30. The van der Waals surface area contributed by atoms with Gasteiger partial charge in [-0.1, -0.05) is 6.07 Å². The van der Waals surface area contributed by atoms with Gasteiger partial charge in [-0.05, 0) is 63.4 Å². The molecule has 5 heteroatoms. The quantitative estimate of drug-likeness (QED) is 0.875. The summed E-state index contributed by atoms with van der Waals surface area (Å²) in [6.45, 7) is 2.57. The highest BCUT2D eigenvalue weighted by Gasteiger charge is 2.30. The van der Waals surface area contributed by atoms with Crippen LogP contribution in [0.4, 0.5) is 5.69 Å². The molecule has 1 aromatic carbocycles. The van der Waals surface area contributed by atoms with E-state index in [9.17, 15) is 9.59 Å². The van der Waals surface area contributed by atoms with Crippen molar-refractivity contribution in [1.29, 1.82) is 0 Å². The van der Waals surface area contributed by atoms with E-state index in [-0.39, 0.29) is 17.7 Å². The number of carbonyl (C=O) groups is 2. The average Bonchev–Trinajstić information content (AvgIpc) is 3.40. The van der Waals surface area contributed by atoms with Crippen LogP contribution in [0.2, 0.25) is 0 Å². The molecule has 0 radical (unpaired) electrons. The van der Waals surface area contributed by atoms with Gasteiger partial charge in [0.1, 0.15) is 0 Å². The van der Waals surface area contributed by atoms with Gasteiger partial charge >= 0.3 is 0 Å². The highest BCUT2D eigenvalue weighted by atomic mass is 16.2. The van der Waals surface area contributed by atoms with Crippen LogP contribution in [0.3, 0.4) is 0 Å². The number of piperidine rings is 1. The maximum Gasteiger partial charge on any atom is 0.253 e. The molecule has 124 valence electrons. The third-order valence-electron chi connectivity index (χ3n) is 4.62. The average molecular weight is 315 g/mol. The van der Waals surface area contributed by atoms with E-state index in [2.05, 4.69) is 10.6 Å². The van der Waals surface area contributed by atoms with Crippen molar-refractivity contribution in [2.75, 3.05) is 32.0 Å². The van der Waals surface area contributed by atoms with Gasteiger partial charge in [0, 0.05) is 30.3 Å². The van der Waals surface area contributed by atoms with Crippen LogP contribution in [0.15, 0.2) is 24.3 Å². The number of carbonyl (C=O) groups excluding carboxylic acids is 2. The second kappa shape index (κ2) is 7.13. The van der Waals surface area contributed by atoms with Crippen molar-refractivity contribution in [3.8, 4) is 0 Å². The van der Waals surface area contributed by atoms with Crippen LogP contribution in [0.25, 0.3) is 0 Å². The molecule has 2 fully saturated rings. The van der Waals surface area contributed by atoms with Gasteiger partial charge in [-0.15, -0.1) is 0 Å². The van der Waals surface area contributed by atoms with Crippen molar-refractivity contribution < 1.29 is 9.59 Å². The Balaban J connectivity index is 1.65. The molecular formula is C18H25N3O2. The smallest absolute Gasteiger partial charge is 0.253 e. The molecule has 5 nitrogen and oxygen atoms in total. The summed E-state index contributed by atoms with van der Waals surface area (Å²) in [4.78, 5) is 26.5. The lowest BCUT2D eigenvalue weighted by Crippen LogP contribution is -2.42. The van der Waals surface area contributed by atoms with Crippen molar-refractivity contribution in [2.24, 2.45) is 11.8 Å². The largest absolute Gasteiger partial charge is 0.338 e. The molecule has 2 N–H and O–H groups in total. The summed E-state index contributed by atoms with van der Waals surface area (Å²) in [5.41, 5.74) is 1.38. The minimum atomic E-state index is 0.0633. The zero-order valence-electron chi connectivity index (χ0n) is 13.7. The first-order valence-electron chi connectivity index (χ1n) is 8.52. The first-order valence-corrected chi connectivity index (χ1v) is 8.52. The van der Waals surface area contributed by atoms with Gasteiger partial charge in [0.15, 0.2) is 0 Å². The van der Waals surface area contributed by atoms with Crippen LogP contribution in [0, 0.1) is 11.8 Å². The molecule has 1 aromatic rings. The van der Waals surface area contributed by atoms with E-state index in [1.54, 1.807) is 6.07 Å². The molecule has 1 aliphatic heterocycles. The lowest BCUT2D eigenvalue weighted by atomic mass is 9.97. The standard InChI is InChI=1S/C18H25N3O2/c1-19-11-13-4-3-9-21(12-13)18(23)15-5-2-6-16(10-15)20-17(22)14-7-8-14/h2,5-6,10,13-14,19H,3-4,7-9,11-12H2,1H3,(H,20,22). The normalized spacial score (nSPS) is 21.1. The van der Waals surface area contributed by atoms with Gasteiger partial charge < -0.3 is 15.5 Å². The van der Waals surface area contributed by atoms with Gasteiger partial charge in [0.2, 0.25) is 5.91 Å². The van der Waals surface area contributed by atoms with Crippen LogP contribution < -0.4 is 10.6 Å². The molecule has 2 aliphatic rings. The lowest BCUT2D eigenvalue weighted by Gasteiger charge is -2.32. The molecule has 23 heavy (non-hydrogen) atoms. The zero-order valence-corrected chi connectivity index (χ0v) is 13.7.